The Morgan fingerprint density at radius 1 is 1.14 bits per heavy atom. The second-order valence-corrected chi connectivity index (χ2v) is 5.68. The van der Waals surface area contributed by atoms with E-state index < -0.39 is 24.3 Å². The summed E-state index contributed by atoms with van der Waals surface area (Å²) in [6.07, 6.45) is -3.75. The van der Waals surface area contributed by atoms with E-state index in [-0.39, 0.29) is 11.6 Å². The van der Waals surface area contributed by atoms with Crippen molar-refractivity contribution in [3.8, 4) is 0 Å². The first-order valence-electron chi connectivity index (χ1n) is 6.24. The third kappa shape index (κ3) is 4.16. The van der Waals surface area contributed by atoms with Crippen molar-refractivity contribution in [3.63, 3.8) is 0 Å². The molecule has 21 heavy (non-hydrogen) atoms. The topological polar surface area (TPSA) is 75.9 Å². The van der Waals surface area contributed by atoms with Crippen molar-refractivity contribution >= 4 is 11.6 Å². The molecular weight excluding hydrogens is 290 g/mol. The van der Waals surface area contributed by atoms with Crippen LogP contribution in [0, 0.1) is 6.92 Å². The Morgan fingerprint density at radius 2 is 1.67 bits per heavy atom. The molecule has 5 nitrogen and oxygen atoms in total. The van der Waals surface area contributed by atoms with Crippen LogP contribution in [0.15, 0.2) is 0 Å². The van der Waals surface area contributed by atoms with E-state index >= 15 is 0 Å². The van der Waals surface area contributed by atoms with Crippen LogP contribution >= 0.6 is 0 Å². The van der Waals surface area contributed by atoms with Gasteiger partial charge in [-0.15, -0.1) is 0 Å². The molecule has 4 N–H and O–H groups in total. The van der Waals surface area contributed by atoms with Crippen LogP contribution in [0.25, 0.3) is 0 Å². The summed E-state index contributed by atoms with van der Waals surface area (Å²) < 4.78 is 50.3. The van der Waals surface area contributed by atoms with Crippen molar-refractivity contribution in [2.45, 2.75) is 45.5 Å². The number of hydrogen-bond acceptors (Lipinski definition) is 5. The normalized spacial score (nSPS) is 12.7. The van der Waals surface area contributed by atoms with E-state index in [2.05, 4.69) is 20.7 Å². The molecule has 0 fully saturated rings. The Balaban J connectivity index is 3.12. The first kappa shape index (κ1) is 17.4. The number of nitrogens with zero attached hydrogens (tertiary/aromatic N) is 2. The summed E-state index contributed by atoms with van der Waals surface area (Å²) >= 11 is 0. The molecule has 1 heterocycles. The minimum Gasteiger partial charge on any atom is -0.363 e. The van der Waals surface area contributed by atoms with E-state index in [9.17, 15) is 17.6 Å². The Labute approximate surface area is 120 Å². The number of nitrogens with two attached hydrogens (primary N) is 1. The van der Waals surface area contributed by atoms with Gasteiger partial charge in [0.2, 0.25) is 0 Å². The molecule has 0 spiro atoms. The first-order chi connectivity index (χ1) is 9.49. The summed E-state index contributed by atoms with van der Waals surface area (Å²) in [6, 6.07) is 0. The molecule has 1 aromatic heterocycles. The van der Waals surface area contributed by atoms with Gasteiger partial charge < -0.3 is 10.7 Å². The highest BCUT2D eigenvalue weighted by molar-refractivity contribution is 5.57. The Bertz CT molecular complexity index is 499. The number of hydrazine groups is 1. The van der Waals surface area contributed by atoms with Crippen molar-refractivity contribution in [1.82, 2.24) is 9.97 Å². The fraction of sp³-hybridized carbons (Fsp3) is 0.667. The van der Waals surface area contributed by atoms with E-state index in [0.717, 1.165) is 0 Å². The largest absolute Gasteiger partial charge is 0.363 e. The summed E-state index contributed by atoms with van der Waals surface area (Å²) in [5.74, 6) is 1.83. The molecule has 0 saturated heterocycles. The molecule has 1 rings (SSSR count). The molecule has 120 valence electrons. The SMILES string of the molecule is Cc1c(NN)nc(C(C)(C)C)nc1NCC(F)(F)C(F)F. The molecule has 0 bridgehead atoms. The molecule has 0 aliphatic heterocycles. The lowest BCUT2D eigenvalue weighted by Crippen LogP contribution is -2.35. The van der Waals surface area contributed by atoms with E-state index in [1.807, 2.05) is 20.8 Å². The Kier molecular flexibility index (Phi) is 4.98. The maximum absolute atomic E-state index is 13.0. The van der Waals surface area contributed by atoms with Gasteiger partial charge in [0, 0.05) is 11.0 Å². The second-order valence-electron chi connectivity index (χ2n) is 5.68. The van der Waals surface area contributed by atoms with Gasteiger partial charge in [0.25, 0.3) is 0 Å². The molecule has 0 aromatic carbocycles. The van der Waals surface area contributed by atoms with Crippen LogP contribution < -0.4 is 16.6 Å². The molecule has 0 saturated carbocycles. The van der Waals surface area contributed by atoms with Gasteiger partial charge in [-0.1, -0.05) is 20.8 Å². The third-order valence-electron chi connectivity index (χ3n) is 2.76. The van der Waals surface area contributed by atoms with Gasteiger partial charge in [0.05, 0.1) is 6.54 Å². The predicted molar refractivity (Wildman–Crippen MR) is 72.7 cm³/mol. The molecular formula is C12H19F4N5. The van der Waals surface area contributed by atoms with Gasteiger partial charge in [0.1, 0.15) is 17.5 Å². The zero-order valence-corrected chi connectivity index (χ0v) is 12.3. The highest BCUT2D eigenvalue weighted by atomic mass is 19.3. The standard InChI is InChI=1S/C12H19F4N5/c1-6-7(18-5-12(15,16)9(13)14)19-10(11(2,3)4)20-8(6)21-17/h9H,5,17H2,1-4H3,(H2,18,19,20,21). The highest BCUT2D eigenvalue weighted by Gasteiger charge is 2.40. The maximum Gasteiger partial charge on any atom is 0.324 e. The smallest absolute Gasteiger partial charge is 0.324 e. The number of halogens is 4. The van der Waals surface area contributed by atoms with Crippen LogP contribution in [-0.2, 0) is 5.41 Å². The number of aromatic nitrogens is 2. The quantitative estimate of drug-likeness (QED) is 0.443. The maximum atomic E-state index is 13.0. The summed E-state index contributed by atoms with van der Waals surface area (Å²) in [7, 11) is 0. The number of nitrogen functional groups attached to an aromatic ring is 1. The fourth-order valence-corrected chi connectivity index (χ4v) is 1.44. The van der Waals surface area contributed by atoms with E-state index in [1.165, 1.54) is 0 Å². The molecule has 0 unspecified atom stereocenters. The average molecular weight is 309 g/mol. The van der Waals surface area contributed by atoms with Crippen molar-refractivity contribution in [2.24, 2.45) is 5.84 Å². The monoisotopic (exact) mass is 309 g/mol. The van der Waals surface area contributed by atoms with Crippen LogP contribution in [0.1, 0.15) is 32.2 Å². The van der Waals surface area contributed by atoms with Crippen LogP contribution in [0.2, 0.25) is 0 Å². The number of rotatable bonds is 5. The predicted octanol–water partition coefficient (Wildman–Crippen LogP) is 2.68. The first-order valence-corrected chi connectivity index (χ1v) is 6.24. The van der Waals surface area contributed by atoms with E-state index in [0.29, 0.717) is 11.4 Å². The van der Waals surface area contributed by atoms with Crippen LogP contribution in [0.4, 0.5) is 29.2 Å². The number of hydrogen-bond donors (Lipinski definition) is 3. The van der Waals surface area contributed by atoms with Crippen molar-refractivity contribution in [2.75, 3.05) is 17.3 Å². The van der Waals surface area contributed by atoms with Gasteiger partial charge in [-0.3, -0.25) is 0 Å². The summed E-state index contributed by atoms with van der Waals surface area (Å²) in [5.41, 5.74) is 2.25. The average Bonchev–Trinajstić information content (AvgIpc) is 2.36. The van der Waals surface area contributed by atoms with E-state index in [1.54, 1.807) is 6.92 Å². The van der Waals surface area contributed by atoms with Crippen LogP contribution in [-0.4, -0.2) is 28.9 Å². The summed E-state index contributed by atoms with van der Waals surface area (Å²) in [4.78, 5) is 8.30. The van der Waals surface area contributed by atoms with Crippen molar-refractivity contribution < 1.29 is 17.6 Å². The van der Waals surface area contributed by atoms with Crippen LogP contribution in [0.3, 0.4) is 0 Å². The molecule has 9 heteroatoms. The van der Waals surface area contributed by atoms with Gasteiger partial charge in [-0.25, -0.2) is 24.6 Å². The second kappa shape index (κ2) is 6.00. The Hall–Kier alpha value is -1.64. The molecule has 1 aromatic rings. The van der Waals surface area contributed by atoms with Gasteiger partial charge in [-0.2, -0.15) is 8.78 Å². The lowest BCUT2D eigenvalue weighted by atomic mass is 9.95. The molecule has 0 atom stereocenters. The number of alkyl halides is 4. The zero-order valence-electron chi connectivity index (χ0n) is 12.3. The molecule has 0 radical (unpaired) electrons. The third-order valence-corrected chi connectivity index (χ3v) is 2.76. The van der Waals surface area contributed by atoms with E-state index in [4.69, 9.17) is 5.84 Å². The Morgan fingerprint density at radius 3 is 2.10 bits per heavy atom. The van der Waals surface area contributed by atoms with Gasteiger partial charge >= 0.3 is 12.3 Å². The lowest BCUT2D eigenvalue weighted by molar-refractivity contribution is -0.117. The van der Waals surface area contributed by atoms with Crippen LogP contribution in [0.5, 0.6) is 0 Å². The van der Waals surface area contributed by atoms with Gasteiger partial charge in [0.15, 0.2) is 0 Å². The lowest BCUT2D eigenvalue weighted by Gasteiger charge is -2.22. The minimum atomic E-state index is -4.14. The fourth-order valence-electron chi connectivity index (χ4n) is 1.44. The van der Waals surface area contributed by atoms with Crippen molar-refractivity contribution in [1.29, 1.82) is 0 Å². The van der Waals surface area contributed by atoms with Crippen molar-refractivity contribution in [3.05, 3.63) is 11.4 Å². The zero-order chi connectivity index (χ0) is 16.4. The summed E-state index contributed by atoms with van der Waals surface area (Å²) in [5, 5.41) is 2.25. The highest BCUT2D eigenvalue weighted by Crippen LogP contribution is 2.28. The molecule has 0 aliphatic carbocycles. The molecule has 0 amide bonds. The minimum absolute atomic E-state index is 0.0446. The summed E-state index contributed by atoms with van der Waals surface area (Å²) in [6.45, 7) is 5.81. The van der Waals surface area contributed by atoms with Gasteiger partial charge in [-0.05, 0) is 6.92 Å². The molecule has 0 aliphatic rings. The number of anilines is 2. The number of nitrogens with one attached hydrogen (secondary N) is 2.